The van der Waals surface area contributed by atoms with Gasteiger partial charge in [-0.15, -0.1) is 0 Å². The molecule has 0 spiro atoms. The minimum Gasteiger partial charge on any atom is -0.393 e. The third-order valence-electron chi connectivity index (χ3n) is 2.80. The summed E-state index contributed by atoms with van der Waals surface area (Å²) in [5, 5.41) is 0. The maximum Gasteiger partial charge on any atom is 0.281 e. The molecule has 0 atom stereocenters. The van der Waals surface area contributed by atoms with Crippen LogP contribution >= 0.6 is 12.2 Å². The van der Waals surface area contributed by atoms with Crippen molar-refractivity contribution in [3.8, 4) is 0 Å². The fourth-order valence-electron chi connectivity index (χ4n) is 1.26. The molecule has 102 valence electrons. The third-order valence-corrected chi connectivity index (χ3v) is 5.24. The lowest BCUT2D eigenvalue weighted by atomic mass is 9.88. The van der Waals surface area contributed by atoms with Crippen LogP contribution in [0.5, 0.6) is 0 Å². The van der Waals surface area contributed by atoms with E-state index in [-0.39, 0.29) is 5.41 Å². The van der Waals surface area contributed by atoms with Gasteiger partial charge >= 0.3 is 0 Å². The van der Waals surface area contributed by atoms with E-state index in [0.29, 0.717) is 11.5 Å². The molecule has 0 aliphatic heterocycles. The minimum absolute atomic E-state index is 0.224. The molecular weight excluding hydrogens is 258 g/mol. The number of hydrogen-bond donors (Lipinski definition) is 1. The standard InChI is InChI=1S/C10H23N3O2S2/c1-10(2,9(11)16)7-6-8-13(5)17(14,15)12(3)4/h6-8H2,1-5H3,(H2,11,16). The first-order chi connectivity index (χ1) is 7.51. The molecule has 0 aromatic carbocycles. The van der Waals surface area contributed by atoms with E-state index in [1.165, 1.54) is 22.7 Å². The molecule has 0 radical (unpaired) electrons. The van der Waals surface area contributed by atoms with Gasteiger partial charge in [-0.2, -0.15) is 17.0 Å². The monoisotopic (exact) mass is 281 g/mol. The molecule has 7 heteroatoms. The molecule has 0 saturated heterocycles. The number of nitrogens with zero attached hydrogens (tertiary/aromatic N) is 2. The maximum atomic E-state index is 11.7. The molecule has 0 unspecified atom stereocenters. The summed E-state index contributed by atoms with van der Waals surface area (Å²) >= 11 is 4.96. The van der Waals surface area contributed by atoms with Crippen LogP contribution in [0.1, 0.15) is 26.7 Å². The van der Waals surface area contributed by atoms with Gasteiger partial charge in [0.1, 0.15) is 0 Å². The molecule has 2 N–H and O–H groups in total. The van der Waals surface area contributed by atoms with E-state index in [1.807, 2.05) is 13.8 Å². The molecule has 5 nitrogen and oxygen atoms in total. The Labute approximate surface area is 110 Å². The summed E-state index contributed by atoms with van der Waals surface area (Å²) in [4.78, 5) is 0.468. The lowest BCUT2D eigenvalue weighted by molar-refractivity contribution is 0.380. The lowest BCUT2D eigenvalue weighted by Gasteiger charge is -2.25. The third kappa shape index (κ3) is 4.87. The first-order valence-corrected chi connectivity index (χ1v) is 7.26. The zero-order valence-corrected chi connectivity index (χ0v) is 12.9. The Morgan fingerprint density at radius 2 is 1.76 bits per heavy atom. The van der Waals surface area contributed by atoms with E-state index in [0.717, 1.165) is 12.8 Å². The van der Waals surface area contributed by atoms with Crippen molar-refractivity contribution in [1.82, 2.24) is 8.61 Å². The molecule has 0 aromatic heterocycles. The Morgan fingerprint density at radius 1 is 1.29 bits per heavy atom. The van der Waals surface area contributed by atoms with Crippen LogP contribution in [0, 0.1) is 5.41 Å². The van der Waals surface area contributed by atoms with Crippen molar-refractivity contribution < 1.29 is 8.42 Å². The van der Waals surface area contributed by atoms with Gasteiger partial charge < -0.3 is 5.73 Å². The summed E-state index contributed by atoms with van der Waals surface area (Å²) in [5.41, 5.74) is 5.39. The van der Waals surface area contributed by atoms with Gasteiger partial charge in [0.15, 0.2) is 0 Å². The fourth-order valence-corrected chi connectivity index (χ4v) is 2.28. The van der Waals surface area contributed by atoms with Gasteiger partial charge in [0.2, 0.25) is 0 Å². The van der Waals surface area contributed by atoms with Gasteiger partial charge in [0, 0.05) is 33.1 Å². The normalized spacial score (nSPS) is 13.4. The molecule has 0 rings (SSSR count). The average molecular weight is 281 g/mol. The highest BCUT2D eigenvalue weighted by atomic mass is 32.2. The predicted octanol–water partition coefficient (Wildman–Crippen LogP) is 0.817. The minimum atomic E-state index is -3.31. The van der Waals surface area contributed by atoms with Crippen molar-refractivity contribution in [2.45, 2.75) is 26.7 Å². The summed E-state index contributed by atoms with van der Waals surface area (Å²) in [6.45, 7) is 4.40. The number of thiocarbonyl (C=S) groups is 1. The van der Waals surface area contributed by atoms with Crippen LogP contribution in [0.3, 0.4) is 0 Å². The molecule has 0 aromatic rings. The van der Waals surface area contributed by atoms with Crippen LogP contribution in [-0.4, -0.2) is 49.7 Å². The van der Waals surface area contributed by atoms with E-state index >= 15 is 0 Å². The van der Waals surface area contributed by atoms with Crippen molar-refractivity contribution in [3.05, 3.63) is 0 Å². The summed E-state index contributed by atoms with van der Waals surface area (Å²) in [6, 6.07) is 0. The second-order valence-electron chi connectivity index (χ2n) is 4.96. The highest BCUT2D eigenvalue weighted by Gasteiger charge is 2.23. The zero-order chi connectivity index (χ0) is 13.9. The SMILES string of the molecule is CN(C)S(=O)(=O)N(C)CCCC(C)(C)C(N)=S. The molecule has 17 heavy (non-hydrogen) atoms. The van der Waals surface area contributed by atoms with Gasteiger partial charge in [-0.3, -0.25) is 0 Å². The van der Waals surface area contributed by atoms with E-state index in [1.54, 1.807) is 7.05 Å². The molecule has 0 aliphatic rings. The van der Waals surface area contributed by atoms with E-state index in [2.05, 4.69) is 0 Å². The molecule has 0 fully saturated rings. The molecular formula is C10H23N3O2S2. The van der Waals surface area contributed by atoms with Crippen LogP contribution in [0.4, 0.5) is 0 Å². The molecule has 0 amide bonds. The van der Waals surface area contributed by atoms with Gasteiger partial charge in [-0.25, -0.2) is 0 Å². The first-order valence-electron chi connectivity index (χ1n) is 5.45. The highest BCUT2D eigenvalue weighted by Crippen LogP contribution is 2.22. The van der Waals surface area contributed by atoms with Crippen molar-refractivity contribution in [1.29, 1.82) is 0 Å². The Morgan fingerprint density at radius 3 is 2.12 bits per heavy atom. The first kappa shape index (κ1) is 16.8. The van der Waals surface area contributed by atoms with Crippen molar-refractivity contribution in [3.63, 3.8) is 0 Å². The maximum absolute atomic E-state index is 11.7. The summed E-state index contributed by atoms with van der Waals surface area (Å²) < 4.78 is 26.0. The van der Waals surface area contributed by atoms with E-state index < -0.39 is 10.2 Å². The van der Waals surface area contributed by atoms with Gasteiger partial charge in [0.05, 0.1) is 4.99 Å². The number of nitrogens with two attached hydrogens (primary N) is 1. The largest absolute Gasteiger partial charge is 0.393 e. The Hall–Kier alpha value is -0.240. The molecule has 0 aliphatic carbocycles. The van der Waals surface area contributed by atoms with E-state index in [9.17, 15) is 8.42 Å². The topological polar surface area (TPSA) is 66.6 Å². The Kier molecular flexibility index (Phi) is 6.00. The summed E-state index contributed by atoms with van der Waals surface area (Å²) in [7, 11) is 1.30. The highest BCUT2D eigenvalue weighted by molar-refractivity contribution is 7.86. The second kappa shape index (κ2) is 6.08. The average Bonchev–Trinajstić information content (AvgIpc) is 2.16. The van der Waals surface area contributed by atoms with E-state index in [4.69, 9.17) is 18.0 Å². The van der Waals surface area contributed by atoms with Gasteiger partial charge in [0.25, 0.3) is 10.2 Å². The summed E-state index contributed by atoms with van der Waals surface area (Å²) in [5.74, 6) is 0. The lowest BCUT2D eigenvalue weighted by Crippen LogP contribution is -2.38. The molecule has 0 bridgehead atoms. The van der Waals surface area contributed by atoms with Crippen molar-refractivity contribution in [2.24, 2.45) is 11.1 Å². The van der Waals surface area contributed by atoms with Crippen LogP contribution < -0.4 is 5.73 Å². The van der Waals surface area contributed by atoms with Crippen molar-refractivity contribution >= 4 is 27.4 Å². The number of rotatable bonds is 7. The predicted molar refractivity (Wildman–Crippen MR) is 75.0 cm³/mol. The second-order valence-corrected chi connectivity index (χ2v) is 7.65. The fraction of sp³-hybridized carbons (Fsp3) is 0.900. The smallest absolute Gasteiger partial charge is 0.281 e. The zero-order valence-electron chi connectivity index (χ0n) is 11.2. The quantitative estimate of drug-likeness (QED) is 0.702. The van der Waals surface area contributed by atoms with Gasteiger partial charge in [-0.05, 0) is 12.8 Å². The number of hydrogen-bond acceptors (Lipinski definition) is 3. The van der Waals surface area contributed by atoms with Crippen LogP contribution in [-0.2, 0) is 10.2 Å². The summed E-state index contributed by atoms with van der Waals surface area (Å²) in [6.07, 6.45) is 1.50. The van der Waals surface area contributed by atoms with Crippen LogP contribution in [0.15, 0.2) is 0 Å². The Bertz CT molecular complexity index is 364. The molecule has 0 saturated carbocycles. The van der Waals surface area contributed by atoms with Crippen LogP contribution in [0.2, 0.25) is 0 Å². The van der Waals surface area contributed by atoms with Crippen molar-refractivity contribution in [2.75, 3.05) is 27.7 Å². The molecule has 0 heterocycles. The Balaban J connectivity index is 4.29. The van der Waals surface area contributed by atoms with Gasteiger partial charge in [-0.1, -0.05) is 26.1 Å². The van der Waals surface area contributed by atoms with Crippen LogP contribution in [0.25, 0.3) is 0 Å².